The maximum Gasteiger partial charge on any atom is 0.233 e. The Morgan fingerprint density at radius 3 is 2.91 bits per heavy atom. The molecule has 0 atom stereocenters. The Labute approximate surface area is 129 Å². The van der Waals surface area contributed by atoms with E-state index in [1.807, 2.05) is 36.1 Å². The van der Waals surface area contributed by atoms with Gasteiger partial charge in [0.25, 0.3) is 0 Å². The topological polar surface area (TPSA) is 68.5 Å². The number of benzene rings is 1. The molecule has 0 saturated carbocycles. The first kappa shape index (κ1) is 14.6. The summed E-state index contributed by atoms with van der Waals surface area (Å²) in [7, 11) is 1.65. The van der Waals surface area contributed by atoms with Crippen LogP contribution in [0.25, 0.3) is 0 Å². The highest BCUT2D eigenvalue weighted by Crippen LogP contribution is 2.27. The lowest BCUT2D eigenvalue weighted by molar-refractivity contribution is -0.135. The Balaban J connectivity index is 1.64. The zero-order chi connectivity index (χ0) is 15.5. The molecule has 1 saturated heterocycles. The Morgan fingerprint density at radius 2 is 2.18 bits per heavy atom. The van der Waals surface area contributed by atoms with E-state index in [1.54, 1.807) is 7.11 Å². The van der Waals surface area contributed by atoms with E-state index in [9.17, 15) is 4.79 Å². The van der Waals surface area contributed by atoms with Crippen LogP contribution >= 0.6 is 0 Å². The quantitative estimate of drug-likeness (QED) is 0.845. The molecule has 2 aromatic rings. The Bertz CT molecular complexity index is 662. The predicted molar refractivity (Wildman–Crippen MR) is 79.7 cm³/mol. The minimum Gasteiger partial charge on any atom is -0.496 e. The monoisotopic (exact) mass is 301 g/mol. The highest BCUT2D eigenvalue weighted by molar-refractivity contribution is 5.76. The van der Waals surface area contributed by atoms with Gasteiger partial charge in [-0.05, 0) is 6.07 Å². The third-order valence-corrected chi connectivity index (χ3v) is 3.91. The number of ether oxygens (including phenoxy) is 1. The Kier molecular flexibility index (Phi) is 4.09. The predicted octanol–water partition coefficient (Wildman–Crippen LogP) is 2.00. The van der Waals surface area contributed by atoms with Crippen molar-refractivity contribution in [3.8, 4) is 5.75 Å². The van der Waals surface area contributed by atoms with Crippen molar-refractivity contribution in [1.29, 1.82) is 0 Å². The molecular formula is C16H19N3O3. The lowest BCUT2D eigenvalue weighted by atomic mass is 10.00. The van der Waals surface area contributed by atoms with Crippen molar-refractivity contribution in [2.45, 2.75) is 25.7 Å². The van der Waals surface area contributed by atoms with Crippen LogP contribution in [0.4, 0.5) is 0 Å². The van der Waals surface area contributed by atoms with Gasteiger partial charge in [0.2, 0.25) is 11.8 Å². The van der Waals surface area contributed by atoms with Crippen LogP contribution in [0.3, 0.4) is 0 Å². The molecule has 6 heteroatoms. The molecule has 0 unspecified atom stereocenters. The molecule has 22 heavy (non-hydrogen) atoms. The molecule has 0 aliphatic carbocycles. The highest BCUT2D eigenvalue weighted by Gasteiger charge is 2.34. The van der Waals surface area contributed by atoms with Crippen LogP contribution in [0.2, 0.25) is 0 Å². The zero-order valence-corrected chi connectivity index (χ0v) is 12.8. The van der Waals surface area contributed by atoms with Gasteiger partial charge >= 0.3 is 0 Å². The van der Waals surface area contributed by atoms with E-state index >= 15 is 0 Å². The normalized spacial score (nSPS) is 14.7. The fourth-order valence-corrected chi connectivity index (χ4v) is 2.59. The highest BCUT2D eigenvalue weighted by atomic mass is 16.5. The standard InChI is InChI=1S/C16H19N3O3/c1-3-15(20)19-9-12(10-19)16-17-14(18-22-16)8-11-6-4-5-7-13(11)21-2/h4-7,12H,3,8-10H2,1-2H3. The van der Waals surface area contributed by atoms with Crippen molar-refractivity contribution < 1.29 is 14.1 Å². The maximum absolute atomic E-state index is 11.5. The third-order valence-electron chi connectivity index (χ3n) is 3.91. The first-order valence-corrected chi connectivity index (χ1v) is 7.43. The van der Waals surface area contributed by atoms with Crippen molar-refractivity contribution >= 4 is 5.91 Å². The van der Waals surface area contributed by atoms with E-state index in [2.05, 4.69) is 10.1 Å². The van der Waals surface area contributed by atoms with Crippen molar-refractivity contribution in [1.82, 2.24) is 15.0 Å². The summed E-state index contributed by atoms with van der Waals surface area (Å²) in [5.74, 6) is 2.40. The number of hydrogen-bond acceptors (Lipinski definition) is 5. The number of nitrogens with zero attached hydrogens (tertiary/aromatic N) is 3. The summed E-state index contributed by atoms with van der Waals surface area (Å²) in [5, 5.41) is 4.03. The second-order valence-electron chi connectivity index (χ2n) is 5.39. The average molecular weight is 301 g/mol. The van der Waals surface area contributed by atoms with Crippen molar-refractivity contribution in [3.63, 3.8) is 0 Å². The molecule has 1 aliphatic heterocycles. The SMILES string of the molecule is CCC(=O)N1CC(c2nc(Cc3ccccc3OC)no2)C1. The smallest absolute Gasteiger partial charge is 0.233 e. The van der Waals surface area contributed by atoms with Crippen LogP contribution in [-0.4, -0.2) is 41.1 Å². The molecule has 0 radical (unpaired) electrons. The number of para-hydroxylation sites is 1. The minimum atomic E-state index is 0.161. The van der Waals surface area contributed by atoms with Crippen LogP contribution in [0.1, 0.15) is 36.5 Å². The van der Waals surface area contributed by atoms with Crippen LogP contribution in [0.15, 0.2) is 28.8 Å². The van der Waals surface area contributed by atoms with Gasteiger partial charge in [0.1, 0.15) is 5.75 Å². The fourth-order valence-electron chi connectivity index (χ4n) is 2.59. The summed E-state index contributed by atoms with van der Waals surface area (Å²) in [6.45, 7) is 3.21. The summed E-state index contributed by atoms with van der Waals surface area (Å²) in [6.07, 6.45) is 1.10. The van der Waals surface area contributed by atoms with Gasteiger partial charge in [-0.15, -0.1) is 0 Å². The molecule has 1 aromatic carbocycles. The number of carbonyl (C=O) groups excluding carboxylic acids is 1. The van der Waals surface area contributed by atoms with E-state index in [0.717, 1.165) is 11.3 Å². The number of aromatic nitrogens is 2. The van der Waals surface area contributed by atoms with Crippen molar-refractivity contribution in [2.75, 3.05) is 20.2 Å². The molecule has 0 spiro atoms. The van der Waals surface area contributed by atoms with Crippen LogP contribution in [0.5, 0.6) is 5.75 Å². The Hall–Kier alpha value is -2.37. The molecule has 6 nitrogen and oxygen atoms in total. The fraction of sp³-hybridized carbons (Fsp3) is 0.438. The second-order valence-corrected chi connectivity index (χ2v) is 5.39. The zero-order valence-electron chi connectivity index (χ0n) is 12.8. The molecule has 3 rings (SSSR count). The summed E-state index contributed by atoms with van der Waals surface area (Å²) < 4.78 is 10.7. The van der Waals surface area contributed by atoms with E-state index in [1.165, 1.54) is 0 Å². The van der Waals surface area contributed by atoms with Gasteiger partial charge < -0.3 is 14.2 Å². The van der Waals surface area contributed by atoms with Gasteiger partial charge in [0.15, 0.2) is 5.82 Å². The molecule has 2 heterocycles. The summed E-state index contributed by atoms with van der Waals surface area (Å²) in [4.78, 5) is 17.8. The van der Waals surface area contributed by atoms with Gasteiger partial charge in [0, 0.05) is 31.5 Å². The van der Waals surface area contributed by atoms with Gasteiger partial charge in [0.05, 0.1) is 13.0 Å². The summed E-state index contributed by atoms with van der Waals surface area (Å²) in [6, 6.07) is 7.78. The molecule has 116 valence electrons. The molecule has 0 N–H and O–H groups in total. The van der Waals surface area contributed by atoms with Crippen LogP contribution in [0, 0.1) is 0 Å². The number of rotatable bonds is 5. The largest absolute Gasteiger partial charge is 0.496 e. The molecular weight excluding hydrogens is 282 g/mol. The number of carbonyl (C=O) groups is 1. The van der Waals surface area contributed by atoms with E-state index in [4.69, 9.17) is 9.26 Å². The first-order valence-electron chi connectivity index (χ1n) is 7.43. The van der Waals surface area contributed by atoms with Gasteiger partial charge in [-0.3, -0.25) is 4.79 Å². The van der Waals surface area contributed by atoms with Crippen molar-refractivity contribution in [2.24, 2.45) is 0 Å². The van der Waals surface area contributed by atoms with Gasteiger partial charge in [-0.2, -0.15) is 4.98 Å². The first-order chi connectivity index (χ1) is 10.7. The van der Waals surface area contributed by atoms with Crippen molar-refractivity contribution in [3.05, 3.63) is 41.5 Å². The number of methoxy groups -OCH3 is 1. The van der Waals surface area contributed by atoms with E-state index < -0.39 is 0 Å². The summed E-state index contributed by atoms with van der Waals surface area (Å²) >= 11 is 0. The second kappa shape index (κ2) is 6.17. The number of likely N-dealkylation sites (tertiary alicyclic amines) is 1. The molecule has 1 aromatic heterocycles. The minimum absolute atomic E-state index is 0.161. The maximum atomic E-state index is 11.5. The van der Waals surface area contributed by atoms with E-state index in [-0.39, 0.29) is 11.8 Å². The third kappa shape index (κ3) is 2.81. The number of hydrogen-bond donors (Lipinski definition) is 0. The van der Waals surface area contributed by atoms with Gasteiger partial charge in [-0.1, -0.05) is 30.3 Å². The average Bonchev–Trinajstić information content (AvgIpc) is 2.94. The molecule has 1 amide bonds. The Morgan fingerprint density at radius 1 is 1.41 bits per heavy atom. The molecule has 1 aliphatic rings. The number of amides is 1. The van der Waals surface area contributed by atoms with E-state index in [0.29, 0.717) is 37.6 Å². The molecule has 1 fully saturated rings. The summed E-state index contributed by atoms with van der Waals surface area (Å²) in [5.41, 5.74) is 1.02. The lowest BCUT2D eigenvalue weighted by Gasteiger charge is -2.36. The van der Waals surface area contributed by atoms with Gasteiger partial charge in [-0.25, -0.2) is 0 Å². The van der Waals surface area contributed by atoms with Crippen LogP contribution in [-0.2, 0) is 11.2 Å². The molecule has 0 bridgehead atoms. The van der Waals surface area contributed by atoms with Crippen LogP contribution < -0.4 is 4.74 Å². The lowest BCUT2D eigenvalue weighted by Crippen LogP contribution is -2.48.